The van der Waals surface area contributed by atoms with Crippen molar-refractivity contribution in [1.82, 2.24) is 0 Å². The smallest absolute Gasteiger partial charge is 0.156 e. The number of benzene rings is 1. The van der Waals surface area contributed by atoms with Gasteiger partial charge in [-0.2, -0.15) is 0 Å². The number of hydrogen-bond donors (Lipinski definition) is 4. The molecule has 1 saturated heterocycles. The highest BCUT2D eigenvalue weighted by Crippen LogP contribution is 2.19. The molecule has 1 fully saturated rings. The van der Waals surface area contributed by atoms with Crippen LogP contribution in [0.15, 0.2) is 24.3 Å². The normalized spacial score (nSPS) is 30.9. The minimum Gasteiger partial charge on any atom is -0.545 e. The molecule has 4 atom stereocenters. The van der Waals surface area contributed by atoms with Crippen molar-refractivity contribution in [3.05, 3.63) is 29.8 Å². The average molecular weight is 268 g/mol. The molecule has 0 amide bonds. The third-order valence-electron chi connectivity index (χ3n) is 2.91. The number of carboxylic acid groups (broad SMARTS) is 1. The number of anilines is 1. The van der Waals surface area contributed by atoms with Gasteiger partial charge in [-0.15, -0.1) is 0 Å². The van der Waals surface area contributed by atoms with E-state index in [4.69, 9.17) is 4.74 Å². The lowest BCUT2D eigenvalue weighted by Gasteiger charge is -2.36. The van der Waals surface area contributed by atoms with Gasteiger partial charge in [-0.05, 0) is 17.7 Å². The van der Waals surface area contributed by atoms with E-state index in [0.29, 0.717) is 5.69 Å². The highest BCUT2D eigenvalue weighted by Gasteiger charge is 2.37. The van der Waals surface area contributed by atoms with Crippen molar-refractivity contribution >= 4 is 11.7 Å². The summed E-state index contributed by atoms with van der Waals surface area (Å²) in [5.74, 6) is -1.32. The van der Waals surface area contributed by atoms with Crippen LogP contribution in [-0.2, 0) is 4.74 Å². The van der Waals surface area contributed by atoms with Gasteiger partial charge in [-0.25, -0.2) is 0 Å². The quantitative estimate of drug-likeness (QED) is 0.495. The van der Waals surface area contributed by atoms with Crippen LogP contribution in [-0.4, -0.2) is 52.4 Å². The maximum Gasteiger partial charge on any atom is 0.156 e. The fourth-order valence-electron chi connectivity index (χ4n) is 1.83. The Hall–Kier alpha value is -1.67. The first-order valence-corrected chi connectivity index (χ1v) is 5.73. The molecule has 0 bridgehead atoms. The van der Waals surface area contributed by atoms with Gasteiger partial charge < -0.3 is 35.3 Å². The number of rotatable bonds is 3. The van der Waals surface area contributed by atoms with Crippen LogP contribution in [0.4, 0.5) is 5.69 Å². The van der Waals surface area contributed by atoms with Crippen LogP contribution >= 0.6 is 0 Å². The molecule has 19 heavy (non-hydrogen) atoms. The van der Waals surface area contributed by atoms with Gasteiger partial charge in [0.15, 0.2) is 6.23 Å². The zero-order chi connectivity index (χ0) is 14.0. The molecule has 7 heteroatoms. The summed E-state index contributed by atoms with van der Waals surface area (Å²) in [6, 6.07) is 5.79. The average Bonchev–Trinajstić information content (AvgIpc) is 2.40. The molecule has 0 radical (unpaired) electrons. The third kappa shape index (κ3) is 3.02. The summed E-state index contributed by atoms with van der Waals surface area (Å²) in [7, 11) is 0. The summed E-state index contributed by atoms with van der Waals surface area (Å²) in [6.07, 6.45) is -4.73. The molecule has 4 N–H and O–H groups in total. The van der Waals surface area contributed by atoms with Gasteiger partial charge in [0, 0.05) is 5.69 Å². The van der Waals surface area contributed by atoms with E-state index in [1.807, 2.05) is 0 Å². The van der Waals surface area contributed by atoms with Gasteiger partial charge >= 0.3 is 0 Å². The van der Waals surface area contributed by atoms with E-state index in [1.165, 1.54) is 18.2 Å². The van der Waals surface area contributed by atoms with Crippen molar-refractivity contribution in [2.24, 2.45) is 0 Å². The molecule has 1 aliphatic rings. The van der Waals surface area contributed by atoms with Crippen LogP contribution < -0.4 is 10.4 Å². The lowest BCUT2D eigenvalue weighted by atomic mass is 10.0. The monoisotopic (exact) mass is 268 g/mol. The predicted octanol–water partition coefficient (Wildman–Crippen LogP) is -2.10. The second kappa shape index (κ2) is 5.54. The molecule has 0 spiro atoms. The Morgan fingerprint density at radius 1 is 1.32 bits per heavy atom. The first-order chi connectivity index (χ1) is 8.99. The fourth-order valence-corrected chi connectivity index (χ4v) is 1.83. The van der Waals surface area contributed by atoms with Crippen molar-refractivity contribution in [3.8, 4) is 0 Å². The Bertz CT molecular complexity index is 465. The van der Waals surface area contributed by atoms with E-state index in [-0.39, 0.29) is 12.2 Å². The Morgan fingerprint density at radius 3 is 2.74 bits per heavy atom. The molecule has 1 aromatic carbocycles. The Kier molecular flexibility index (Phi) is 4.01. The fraction of sp³-hybridized carbons (Fsp3) is 0.417. The molecule has 1 aromatic rings. The molecule has 0 aromatic heterocycles. The van der Waals surface area contributed by atoms with Crippen LogP contribution in [0.1, 0.15) is 10.4 Å². The highest BCUT2D eigenvalue weighted by molar-refractivity contribution is 5.87. The number of hydrogen-bond acceptors (Lipinski definition) is 7. The molecule has 104 valence electrons. The predicted molar refractivity (Wildman–Crippen MR) is 62.2 cm³/mol. The molecule has 0 saturated carbocycles. The van der Waals surface area contributed by atoms with Crippen molar-refractivity contribution in [3.63, 3.8) is 0 Å². The Morgan fingerprint density at radius 2 is 2.05 bits per heavy atom. The maximum atomic E-state index is 10.7. The molecule has 1 heterocycles. The standard InChI is InChI=1S/C12H15NO6/c14-8-5-19-11(10(16)9(8)15)13-7-3-1-2-6(4-7)12(17)18/h1-4,8-11,13-16H,5H2,(H,17,18)/p-1/t8-,9-,10-,11+/m1/s1. The molecular weight excluding hydrogens is 254 g/mol. The van der Waals surface area contributed by atoms with E-state index >= 15 is 0 Å². The number of carboxylic acids is 1. The van der Waals surface area contributed by atoms with Crippen molar-refractivity contribution in [2.75, 3.05) is 11.9 Å². The SMILES string of the molecule is O=C([O-])c1cccc(N[C@H]2OC[C@@H](O)[C@@H](O)[C@H]2O)c1. The molecule has 0 unspecified atom stereocenters. The third-order valence-corrected chi connectivity index (χ3v) is 2.91. The van der Waals surface area contributed by atoms with E-state index < -0.39 is 30.5 Å². The minimum absolute atomic E-state index is 0.0177. The summed E-state index contributed by atoms with van der Waals surface area (Å²) >= 11 is 0. The molecule has 2 rings (SSSR count). The summed E-state index contributed by atoms with van der Waals surface area (Å²) in [4.78, 5) is 10.7. The van der Waals surface area contributed by atoms with Crippen LogP contribution in [0.25, 0.3) is 0 Å². The molecule has 7 nitrogen and oxygen atoms in total. The van der Waals surface area contributed by atoms with E-state index in [2.05, 4.69) is 5.32 Å². The zero-order valence-corrected chi connectivity index (χ0v) is 9.89. The highest BCUT2D eigenvalue weighted by atomic mass is 16.5. The molecule has 1 aliphatic heterocycles. The van der Waals surface area contributed by atoms with Gasteiger partial charge in [0.2, 0.25) is 0 Å². The summed E-state index contributed by atoms with van der Waals surface area (Å²) in [6.45, 7) is -0.129. The Labute approximate surface area is 109 Å². The van der Waals surface area contributed by atoms with Crippen LogP contribution in [0.3, 0.4) is 0 Å². The van der Waals surface area contributed by atoms with Crippen LogP contribution in [0.2, 0.25) is 0 Å². The lowest BCUT2D eigenvalue weighted by molar-refractivity contribution is -0.255. The van der Waals surface area contributed by atoms with E-state index in [0.717, 1.165) is 0 Å². The van der Waals surface area contributed by atoms with Gasteiger partial charge in [-0.1, -0.05) is 12.1 Å². The van der Waals surface area contributed by atoms with Crippen LogP contribution in [0.5, 0.6) is 0 Å². The van der Waals surface area contributed by atoms with Crippen molar-refractivity contribution < 1.29 is 30.0 Å². The van der Waals surface area contributed by atoms with Crippen molar-refractivity contribution in [1.29, 1.82) is 0 Å². The number of aliphatic hydroxyl groups excluding tert-OH is 3. The maximum absolute atomic E-state index is 10.7. The minimum atomic E-state index is -1.32. The number of nitrogens with one attached hydrogen (secondary N) is 1. The van der Waals surface area contributed by atoms with Crippen molar-refractivity contribution in [2.45, 2.75) is 24.5 Å². The van der Waals surface area contributed by atoms with E-state index in [9.17, 15) is 25.2 Å². The van der Waals surface area contributed by atoms with Gasteiger partial charge in [0.25, 0.3) is 0 Å². The first kappa shape index (κ1) is 13.8. The number of aromatic carboxylic acids is 1. The second-order valence-corrected chi connectivity index (χ2v) is 4.32. The molecule has 0 aliphatic carbocycles. The first-order valence-electron chi connectivity index (χ1n) is 5.73. The number of carbonyl (C=O) groups excluding carboxylic acids is 1. The number of carbonyl (C=O) groups is 1. The van der Waals surface area contributed by atoms with Gasteiger partial charge in [-0.3, -0.25) is 0 Å². The number of ether oxygens (including phenoxy) is 1. The Balaban J connectivity index is 2.09. The summed E-state index contributed by atoms with van der Waals surface area (Å²) in [5.41, 5.74) is 0.380. The summed E-state index contributed by atoms with van der Waals surface area (Å²) < 4.78 is 5.14. The zero-order valence-electron chi connectivity index (χ0n) is 9.89. The lowest BCUT2D eigenvalue weighted by Crippen LogP contribution is -2.55. The second-order valence-electron chi connectivity index (χ2n) is 4.32. The van der Waals surface area contributed by atoms with E-state index in [1.54, 1.807) is 6.07 Å². The van der Waals surface area contributed by atoms with Crippen LogP contribution in [0, 0.1) is 0 Å². The largest absolute Gasteiger partial charge is 0.545 e. The van der Waals surface area contributed by atoms with Gasteiger partial charge in [0.1, 0.15) is 18.3 Å². The number of aliphatic hydroxyl groups is 3. The summed E-state index contributed by atoms with van der Waals surface area (Å²) in [5, 5.41) is 42.0. The molecular formula is C12H14NO6-. The van der Waals surface area contributed by atoms with Gasteiger partial charge in [0.05, 0.1) is 12.6 Å². The topological polar surface area (TPSA) is 122 Å².